The number of amides is 2. The first-order valence-electron chi connectivity index (χ1n) is 12.2. The Hall–Kier alpha value is -3.43. The summed E-state index contributed by atoms with van der Waals surface area (Å²) < 4.78 is 41.9. The molecule has 0 spiro atoms. The number of sulfonamides is 1. The van der Waals surface area contributed by atoms with Crippen LogP contribution in [-0.2, 0) is 26.2 Å². The zero-order chi connectivity index (χ0) is 27.9. The van der Waals surface area contributed by atoms with Crippen molar-refractivity contribution in [3.8, 4) is 0 Å². The van der Waals surface area contributed by atoms with E-state index in [2.05, 4.69) is 5.32 Å². The lowest BCUT2D eigenvalue weighted by molar-refractivity contribution is -0.139. The largest absolute Gasteiger partial charge is 0.352 e. The van der Waals surface area contributed by atoms with Crippen LogP contribution in [0.2, 0.25) is 5.02 Å². The second-order valence-electron chi connectivity index (χ2n) is 8.91. The minimum absolute atomic E-state index is 0.0176. The Bertz CT molecular complexity index is 1350. The molecular formula is C28H31ClFN3O4S. The van der Waals surface area contributed by atoms with Crippen molar-refractivity contribution in [1.29, 1.82) is 0 Å². The van der Waals surface area contributed by atoms with Crippen molar-refractivity contribution in [2.24, 2.45) is 0 Å². The lowest BCUT2D eigenvalue weighted by Gasteiger charge is -2.32. The highest BCUT2D eigenvalue weighted by atomic mass is 35.5. The van der Waals surface area contributed by atoms with Crippen LogP contribution in [0.5, 0.6) is 0 Å². The fourth-order valence-corrected chi connectivity index (χ4v) is 5.34. The number of halogens is 2. The van der Waals surface area contributed by atoms with E-state index in [4.69, 9.17) is 11.6 Å². The Morgan fingerprint density at radius 2 is 1.55 bits per heavy atom. The standard InChI is InChI=1S/C28H31ClFN3O4S/c1-4-20(2)31-28(35)21(3)32(18-22-10-8-9-13-26(22)29)27(34)19-33(24-16-14-23(30)15-17-24)38(36,37)25-11-6-5-7-12-25/h5-17,20-21H,4,18-19H2,1-3H3,(H,31,35)/t20-,21+/m1/s1. The number of nitrogens with one attached hydrogen (secondary N) is 1. The minimum Gasteiger partial charge on any atom is -0.352 e. The second kappa shape index (κ2) is 12.9. The lowest BCUT2D eigenvalue weighted by atomic mass is 10.1. The highest BCUT2D eigenvalue weighted by molar-refractivity contribution is 7.92. The second-order valence-corrected chi connectivity index (χ2v) is 11.2. The highest BCUT2D eigenvalue weighted by Crippen LogP contribution is 2.25. The molecule has 0 saturated heterocycles. The number of carbonyl (C=O) groups excluding carboxylic acids is 2. The molecule has 1 N–H and O–H groups in total. The fraction of sp³-hybridized carbons (Fsp3) is 0.286. The number of carbonyl (C=O) groups is 2. The average Bonchev–Trinajstić information content (AvgIpc) is 2.91. The predicted octanol–water partition coefficient (Wildman–Crippen LogP) is 5.01. The summed E-state index contributed by atoms with van der Waals surface area (Å²) >= 11 is 6.35. The maximum atomic E-state index is 13.8. The van der Waals surface area contributed by atoms with Gasteiger partial charge in [-0.2, -0.15) is 0 Å². The molecule has 0 heterocycles. The third kappa shape index (κ3) is 7.11. The molecular weight excluding hydrogens is 529 g/mol. The van der Waals surface area contributed by atoms with Crippen molar-refractivity contribution in [2.45, 2.75) is 50.7 Å². The predicted molar refractivity (Wildman–Crippen MR) is 147 cm³/mol. The summed E-state index contributed by atoms with van der Waals surface area (Å²) in [5.74, 6) is -1.55. The molecule has 202 valence electrons. The van der Waals surface area contributed by atoms with Gasteiger partial charge in [0.25, 0.3) is 10.0 Å². The van der Waals surface area contributed by atoms with E-state index < -0.39 is 34.3 Å². The molecule has 3 aromatic carbocycles. The van der Waals surface area contributed by atoms with Crippen molar-refractivity contribution in [3.05, 3.63) is 95.3 Å². The molecule has 38 heavy (non-hydrogen) atoms. The van der Waals surface area contributed by atoms with E-state index in [0.29, 0.717) is 17.0 Å². The molecule has 0 saturated carbocycles. The first kappa shape index (κ1) is 29.1. The van der Waals surface area contributed by atoms with Crippen LogP contribution in [0, 0.1) is 5.82 Å². The van der Waals surface area contributed by atoms with E-state index in [-0.39, 0.29) is 29.1 Å². The van der Waals surface area contributed by atoms with Gasteiger partial charge in [0, 0.05) is 17.6 Å². The summed E-state index contributed by atoms with van der Waals surface area (Å²) in [6.07, 6.45) is 0.699. The third-order valence-electron chi connectivity index (χ3n) is 6.19. The quantitative estimate of drug-likeness (QED) is 0.358. The smallest absolute Gasteiger partial charge is 0.264 e. The molecule has 0 radical (unpaired) electrons. The maximum absolute atomic E-state index is 13.8. The van der Waals surface area contributed by atoms with Crippen LogP contribution in [-0.4, -0.2) is 43.8 Å². The molecule has 0 aromatic heterocycles. The Labute approximate surface area is 228 Å². The van der Waals surface area contributed by atoms with Crippen molar-refractivity contribution >= 4 is 39.1 Å². The van der Waals surface area contributed by atoms with Crippen LogP contribution in [0.1, 0.15) is 32.8 Å². The number of anilines is 1. The van der Waals surface area contributed by atoms with E-state index in [0.717, 1.165) is 16.4 Å². The third-order valence-corrected chi connectivity index (χ3v) is 8.35. The van der Waals surface area contributed by atoms with Crippen LogP contribution in [0.4, 0.5) is 10.1 Å². The molecule has 3 rings (SSSR count). The minimum atomic E-state index is -4.21. The van der Waals surface area contributed by atoms with E-state index in [1.54, 1.807) is 49.4 Å². The van der Waals surface area contributed by atoms with Gasteiger partial charge in [-0.15, -0.1) is 0 Å². The van der Waals surface area contributed by atoms with Gasteiger partial charge in [0.15, 0.2) is 0 Å². The highest BCUT2D eigenvalue weighted by Gasteiger charge is 2.33. The molecule has 7 nitrogen and oxygen atoms in total. The van der Waals surface area contributed by atoms with Gasteiger partial charge in [0.2, 0.25) is 11.8 Å². The van der Waals surface area contributed by atoms with Crippen LogP contribution in [0.25, 0.3) is 0 Å². The Morgan fingerprint density at radius 3 is 2.16 bits per heavy atom. The zero-order valence-electron chi connectivity index (χ0n) is 21.5. The van der Waals surface area contributed by atoms with Crippen molar-refractivity contribution < 1.29 is 22.4 Å². The van der Waals surface area contributed by atoms with Crippen molar-refractivity contribution in [3.63, 3.8) is 0 Å². The molecule has 0 aliphatic heterocycles. The van der Waals surface area contributed by atoms with Gasteiger partial charge >= 0.3 is 0 Å². The number of hydrogen-bond donors (Lipinski definition) is 1. The van der Waals surface area contributed by atoms with Crippen LogP contribution in [0.15, 0.2) is 83.8 Å². The molecule has 0 fully saturated rings. The molecule has 0 aliphatic carbocycles. The Morgan fingerprint density at radius 1 is 0.947 bits per heavy atom. The van der Waals surface area contributed by atoms with Crippen LogP contribution < -0.4 is 9.62 Å². The first-order valence-corrected chi connectivity index (χ1v) is 14.0. The Kier molecular flexibility index (Phi) is 9.88. The molecule has 0 unspecified atom stereocenters. The van der Waals surface area contributed by atoms with Crippen molar-refractivity contribution in [1.82, 2.24) is 10.2 Å². The molecule has 0 aliphatic rings. The Balaban J connectivity index is 2.02. The molecule has 2 amide bonds. The first-order chi connectivity index (χ1) is 18.0. The van der Waals surface area contributed by atoms with Gasteiger partial charge in [0.05, 0.1) is 10.6 Å². The van der Waals surface area contributed by atoms with E-state index >= 15 is 0 Å². The topological polar surface area (TPSA) is 86.8 Å². The summed E-state index contributed by atoms with van der Waals surface area (Å²) in [4.78, 5) is 28.1. The molecule has 3 aromatic rings. The van der Waals surface area contributed by atoms with Crippen molar-refractivity contribution in [2.75, 3.05) is 10.8 Å². The maximum Gasteiger partial charge on any atom is 0.264 e. The lowest BCUT2D eigenvalue weighted by Crippen LogP contribution is -2.52. The normalized spacial score (nSPS) is 12.9. The number of rotatable bonds is 11. The summed E-state index contributed by atoms with van der Waals surface area (Å²) in [6.45, 7) is 4.73. The number of nitrogens with zero attached hydrogens (tertiary/aromatic N) is 2. The van der Waals surface area contributed by atoms with E-state index in [1.807, 2.05) is 13.8 Å². The van der Waals surface area contributed by atoms with Crippen LogP contribution in [0.3, 0.4) is 0 Å². The van der Waals surface area contributed by atoms with Gasteiger partial charge in [-0.25, -0.2) is 12.8 Å². The van der Waals surface area contributed by atoms with Gasteiger partial charge in [0.1, 0.15) is 18.4 Å². The van der Waals surface area contributed by atoms with Gasteiger partial charge in [-0.1, -0.05) is 54.9 Å². The SMILES string of the molecule is CC[C@@H](C)NC(=O)[C@H](C)N(Cc1ccccc1Cl)C(=O)CN(c1ccc(F)cc1)S(=O)(=O)c1ccccc1. The van der Waals surface area contributed by atoms with E-state index in [9.17, 15) is 22.4 Å². The molecule has 2 atom stereocenters. The van der Waals surface area contributed by atoms with Gasteiger partial charge < -0.3 is 10.2 Å². The summed E-state index contributed by atoms with van der Waals surface area (Å²) in [6, 6.07) is 18.4. The molecule has 10 heteroatoms. The molecule has 0 bridgehead atoms. The van der Waals surface area contributed by atoms with Crippen LogP contribution >= 0.6 is 11.6 Å². The van der Waals surface area contributed by atoms with Gasteiger partial charge in [-0.05, 0) is 68.3 Å². The zero-order valence-corrected chi connectivity index (χ0v) is 23.0. The van der Waals surface area contributed by atoms with E-state index in [1.165, 1.54) is 29.2 Å². The van der Waals surface area contributed by atoms with Gasteiger partial charge in [-0.3, -0.25) is 13.9 Å². The number of benzene rings is 3. The average molecular weight is 560 g/mol. The monoisotopic (exact) mass is 559 g/mol. The number of hydrogen-bond acceptors (Lipinski definition) is 4. The summed E-state index contributed by atoms with van der Waals surface area (Å²) in [5.41, 5.74) is 0.711. The summed E-state index contributed by atoms with van der Waals surface area (Å²) in [5, 5.41) is 3.28. The fourth-order valence-electron chi connectivity index (χ4n) is 3.71. The summed E-state index contributed by atoms with van der Waals surface area (Å²) in [7, 11) is -4.21.